The summed E-state index contributed by atoms with van der Waals surface area (Å²) in [5, 5.41) is 3.54. The molecule has 0 saturated carbocycles. The number of nitrogens with zero attached hydrogens (tertiary/aromatic N) is 1. The lowest BCUT2D eigenvalue weighted by molar-refractivity contribution is -0.136. The van der Waals surface area contributed by atoms with E-state index in [0.29, 0.717) is 0 Å². The summed E-state index contributed by atoms with van der Waals surface area (Å²) in [5.41, 5.74) is 4.45. The number of hydrogen-bond donors (Lipinski definition) is 1. The predicted molar refractivity (Wildman–Crippen MR) is 104 cm³/mol. The van der Waals surface area contributed by atoms with Gasteiger partial charge in [0.2, 0.25) is 5.91 Å². The fourth-order valence-electron chi connectivity index (χ4n) is 3.84. The van der Waals surface area contributed by atoms with E-state index in [1.165, 1.54) is 22.3 Å². The molecule has 1 aliphatic rings. The zero-order chi connectivity index (χ0) is 17.9. The van der Waals surface area contributed by atoms with Crippen LogP contribution in [0.5, 0.6) is 0 Å². The molecule has 0 bridgehead atoms. The number of aryl methyl sites for hydroxylation is 1. The van der Waals surface area contributed by atoms with Crippen LogP contribution in [0, 0.1) is 6.92 Å². The second-order valence-electron chi connectivity index (χ2n) is 7.41. The molecular formula is C22H28N2O. The van der Waals surface area contributed by atoms with Crippen LogP contribution in [0.25, 0.3) is 11.1 Å². The third-order valence-corrected chi connectivity index (χ3v) is 5.09. The molecule has 25 heavy (non-hydrogen) atoms. The molecule has 1 saturated heterocycles. The van der Waals surface area contributed by atoms with Gasteiger partial charge in [0.1, 0.15) is 5.54 Å². The van der Waals surface area contributed by atoms with Gasteiger partial charge in [-0.2, -0.15) is 0 Å². The number of hydrogen-bond acceptors (Lipinski definition) is 2. The number of likely N-dealkylation sites (N-methyl/N-ethyl adjacent to an activating group) is 1. The van der Waals surface area contributed by atoms with E-state index in [-0.39, 0.29) is 5.91 Å². The van der Waals surface area contributed by atoms with Gasteiger partial charge in [-0.1, -0.05) is 54.1 Å². The van der Waals surface area contributed by atoms with Gasteiger partial charge in [0, 0.05) is 14.1 Å². The topological polar surface area (TPSA) is 32.3 Å². The Hall–Kier alpha value is -2.13. The van der Waals surface area contributed by atoms with Crippen LogP contribution in [-0.2, 0) is 11.2 Å². The fourth-order valence-corrected chi connectivity index (χ4v) is 3.84. The van der Waals surface area contributed by atoms with E-state index in [1.807, 2.05) is 14.1 Å². The lowest BCUT2D eigenvalue weighted by atomic mass is 9.81. The number of carbonyl (C=O) groups excluding carboxylic acids is 1. The lowest BCUT2D eigenvalue weighted by Crippen LogP contribution is -2.60. The van der Waals surface area contributed by atoms with Gasteiger partial charge in [-0.05, 0) is 55.8 Å². The molecule has 1 heterocycles. The minimum Gasteiger partial charge on any atom is -0.347 e. The van der Waals surface area contributed by atoms with E-state index in [4.69, 9.17) is 0 Å². The van der Waals surface area contributed by atoms with Crippen molar-refractivity contribution in [3.63, 3.8) is 0 Å². The molecule has 0 spiro atoms. The number of rotatable bonds is 4. The van der Waals surface area contributed by atoms with Crippen molar-refractivity contribution in [2.75, 3.05) is 20.6 Å². The van der Waals surface area contributed by atoms with Gasteiger partial charge in [0.15, 0.2) is 0 Å². The largest absolute Gasteiger partial charge is 0.347 e. The Labute approximate surface area is 151 Å². The maximum atomic E-state index is 12.9. The number of nitrogens with one attached hydrogen (secondary N) is 1. The van der Waals surface area contributed by atoms with Crippen molar-refractivity contribution in [3.05, 3.63) is 59.7 Å². The summed E-state index contributed by atoms with van der Waals surface area (Å²) in [4.78, 5) is 14.6. The molecule has 3 heteroatoms. The summed E-state index contributed by atoms with van der Waals surface area (Å²) < 4.78 is 0. The number of benzene rings is 2. The molecule has 3 nitrogen and oxygen atoms in total. The summed E-state index contributed by atoms with van der Waals surface area (Å²) in [6.07, 6.45) is 3.89. The van der Waals surface area contributed by atoms with Gasteiger partial charge in [0.05, 0.1) is 0 Å². The third kappa shape index (κ3) is 3.93. The van der Waals surface area contributed by atoms with E-state index in [2.05, 4.69) is 60.8 Å². The highest BCUT2D eigenvalue weighted by atomic mass is 16.2. The molecule has 2 aromatic carbocycles. The van der Waals surface area contributed by atoms with Crippen molar-refractivity contribution in [1.82, 2.24) is 10.2 Å². The maximum absolute atomic E-state index is 12.9. The first kappa shape index (κ1) is 17.7. The summed E-state index contributed by atoms with van der Waals surface area (Å²) >= 11 is 0. The Morgan fingerprint density at radius 2 is 1.80 bits per heavy atom. The number of piperidine rings is 1. The molecule has 3 rings (SSSR count). The fraction of sp³-hybridized carbons (Fsp3) is 0.409. The van der Waals surface area contributed by atoms with E-state index >= 15 is 0 Å². The van der Waals surface area contributed by atoms with Gasteiger partial charge in [0.25, 0.3) is 0 Å². The van der Waals surface area contributed by atoms with Gasteiger partial charge in [-0.25, -0.2) is 0 Å². The second-order valence-corrected chi connectivity index (χ2v) is 7.41. The first-order valence-electron chi connectivity index (χ1n) is 9.13. The molecule has 1 fully saturated rings. The Morgan fingerprint density at radius 1 is 1.08 bits per heavy atom. The molecule has 1 N–H and O–H groups in total. The minimum absolute atomic E-state index is 0.188. The normalized spacial score (nSPS) is 20.3. The Morgan fingerprint density at radius 3 is 2.44 bits per heavy atom. The van der Waals surface area contributed by atoms with Crippen LogP contribution in [0.1, 0.15) is 30.4 Å². The molecule has 1 atom stereocenters. The Kier molecular flexibility index (Phi) is 5.24. The summed E-state index contributed by atoms with van der Waals surface area (Å²) in [7, 11) is 3.70. The molecule has 1 aliphatic heterocycles. The highest BCUT2D eigenvalue weighted by Crippen LogP contribution is 2.28. The molecule has 0 aliphatic carbocycles. The van der Waals surface area contributed by atoms with Gasteiger partial charge in [-0.15, -0.1) is 0 Å². The summed E-state index contributed by atoms with van der Waals surface area (Å²) in [5.74, 6) is 0.188. The monoisotopic (exact) mass is 336 g/mol. The van der Waals surface area contributed by atoms with E-state index in [0.717, 1.165) is 32.2 Å². The zero-order valence-electron chi connectivity index (χ0n) is 15.5. The van der Waals surface area contributed by atoms with Crippen molar-refractivity contribution >= 4 is 5.91 Å². The summed E-state index contributed by atoms with van der Waals surface area (Å²) in [6.45, 7) is 3.03. The van der Waals surface area contributed by atoms with Crippen molar-refractivity contribution < 1.29 is 4.79 Å². The van der Waals surface area contributed by atoms with Crippen LogP contribution in [0.3, 0.4) is 0 Å². The third-order valence-electron chi connectivity index (χ3n) is 5.09. The second kappa shape index (κ2) is 7.40. The van der Waals surface area contributed by atoms with Crippen LogP contribution in [-0.4, -0.2) is 37.0 Å². The highest BCUT2D eigenvalue weighted by Gasteiger charge is 2.40. The van der Waals surface area contributed by atoms with Crippen molar-refractivity contribution in [1.29, 1.82) is 0 Å². The molecule has 132 valence electrons. The van der Waals surface area contributed by atoms with Crippen LogP contribution < -0.4 is 5.32 Å². The van der Waals surface area contributed by atoms with Crippen molar-refractivity contribution in [2.24, 2.45) is 0 Å². The van der Waals surface area contributed by atoms with Crippen LogP contribution >= 0.6 is 0 Å². The highest BCUT2D eigenvalue weighted by molar-refractivity contribution is 5.86. The quantitative estimate of drug-likeness (QED) is 0.921. The number of carbonyl (C=O) groups is 1. The Balaban J connectivity index is 1.90. The van der Waals surface area contributed by atoms with Crippen LogP contribution in [0.2, 0.25) is 0 Å². The smallest absolute Gasteiger partial charge is 0.242 e. The molecule has 2 aromatic rings. The predicted octanol–water partition coefficient (Wildman–Crippen LogP) is 3.81. The van der Waals surface area contributed by atoms with E-state index < -0.39 is 5.54 Å². The van der Waals surface area contributed by atoms with Crippen LogP contribution in [0.4, 0.5) is 0 Å². The van der Waals surface area contributed by atoms with Crippen molar-refractivity contribution in [2.45, 2.75) is 38.1 Å². The van der Waals surface area contributed by atoms with Gasteiger partial charge >= 0.3 is 0 Å². The Bertz CT molecular complexity index is 745. The first-order chi connectivity index (χ1) is 12.0. The lowest BCUT2D eigenvalue weighted by Gasteiger charge is -2.39. The van der Waals surface area contributed by atoms with Gasteiger partial charge in [-0.3, -0.25) is 4.79 Å². The van der Waals surface area contributed by atoms with Crippen molar-refractivity contribution in [3.8, 4) is 11.1 Å². The number of amides is 1. The SMILES string of the molecule is Cc1cccc(-c2cccc(CC3(C(=O)N(C)C)CCCCN3)c2)c1. The van der Waals surface area contributed by atoms with E-state index in [1.54, 1.807) is 4.90 Å². The molecule has 0 radical (unpaired) electrons. The molecule has 1 amide bonds. The maximum Gasteiger partial charge on any atom is 0.242 e. The first-order valence-corrected chi connectivity index (χ1v) is 9.13. The molecule has 0 aromatic heterocycles. The van der Waals surface area contributed by atoms with Crippen LogP contribution in [0.15, 0.2) is 48.5 Å². The molecule has 1 unspecified atom stereocenters. The zero-order valence-corrected chi connectivity index (χ0v) is 15.5. The average molecular weight is 336 g/mol. The molecular weight excluding hydrogens is 308 g/mol. The average Bonchev–Trinajstić information content (AvgIpc) is 2.62. The van der Waals surface area contributed by atoms with Gasteiger partial charge < -0.3 is 10.2 Å². The standard InChI is InChI=1S/C22H28N2O/c1-17-8-6-10-19(14-17)20-11-7-9-18(15-20)16-22(21(25)24(2)3)12-4-5-13-23-22/h6-11,14-15,23H,4-5,12-13,16H2,1-3H3. The summed E-state index contributed by atoms with van der Waals surface area (Å²) in [6, 6.07) is 17.2. The minimum atomic E-state index is -0.465. The van der Waals surface area contributed by atoms with E-state index in [9.17, 15) is 4.79 Å².